The molecule has 0 amide bonds. The minimum absolute atomic E-state index is 0.119. The molecule has 0 aliphatic carbocycles. The summed E-state index contributed by atoms with van der Waals surface area (Å²) < 4.78 is 11.0. The molecule has 1 radical (unpaired) electrons. The summed E-state index contributed by atoms with van der Waals surface area (Å²) in [5, 5.41) is 3.29. The van der Waals surface area contributed by atoms with Gasteiger partial charge in [0.15, 0.2) is 12.5 Å². The summed E-state index contributed by atoms with van der Waals surface area (Å²) >= 11 is 0. The van der Waals surface area contributed by atoms with Crippen molar-refractivity contribution in [2.24, 2.45) is 0 Å². The zero-order valence-electron chi connectivity index (χ0n) is 10.5. The Labute approximate surface area is 103 Å². The van der Waals surface area contributed by atoms with Crippen LogP contribution in [-0.2, 0) is 9.47 Å². The highest BCUT2D eigenvalue weighted by Crippen LogP contribution is 2.24. The van der Waals surface area contributed by atoms with Crippen molar-refractivity contribution in [2.75, 3.05) is 25.7 Å². The zero-order valence-corrected chi connectivity index (χ0v) is 10.5. The van der Waals surface area contributed by atoms with Gasteiger partial charge in [0, 0.05) is 26.5 Å². The van der Waals surface area contributed by atoms with Crippen molar-refractivity contribution in [3.05, 3.63) is 36.4 Å². The number of methoxy groups -OCH3 is 2. The van der Waals surface area contributed by atoms with Crippen LogP contribution in [0.1, 0.15) is 6.92 Å². The second-order valence-electron chi connectivity index (χ2n) is 4.17. The van der Waals surface area contributed by atoms with Gasteiger partial charge in [-0.25, -0.2) is 0 Å². The van der Waals surface area contributed by atoms with Gasteiger partial charge in [0.2, 0.25) is 0 Å². The predicted molar refractivity (Wildman–Crippen MR) is 67.4 cm³/mol. The highest BCUT2D eigenvalue weighted by Gasteiger charge is 2.34. The molecule has 0 spiro atoms. The molecule has 0 saturated carbocycles. The molecule has 4 heteroatoms. The van der Waals surface area contributed by atoms with E-state index in [0.29, 0.717) is 0 Å². The first-order valence-corrected chi connectivity index (χ1v) is 5.72. The summed E-state index contributed by atoms with van der Waals surface area (Å²) in [4.78, 5) is 2.19. The lowest BCUT2D eigenvalue weighted by Gasteiger charge is -2.43. The molecule has 1 N–H and O–H groups in total. The van der Waals surface area contributed by atoms with Gasteiger partial charge in [-0.05, 0) is 19.1 Å². The number of hydrogen-bond donors (Lipinski definition) is 1. The molecule has 0 aromatic heterocycles. The molecule has 1 fully saturated rings. The number of anilines is 1. The van der Waals surface area contributed by atoms with E-state index >= 15 is 0 Å². The third-order valence-corrected chi connectivity index (χ3v) is 2.95. The maximum Gasteiger partial charge on any atom is 0.169 e. The first kappa shape index (κ1) is 12.4. The topological polar surface area (TPSA) is 33.7 Å². The van der Waals surface area contributed by atoms with E-state index in [1.165, 1.54) is 6.04 Å². The summed E-state index contributed by atoms with van der Waals surface area (Å²) in [6.07, 6.45) is -0.264. The zero-order chi connectivity index (χ0) is 12.3. The Bertz CT molecular complexity index is 345. The fourth-order valence-electron chi connectivity index (χ4n) is 2.15. The Morgan fingerprint density at radius 3 is 2.47 bits per heavy atom. The summed E-state index contributed by atoms with van der Waals surface area (Å²) in [7, 11) is 3.39. The van der Waals surface area contributed by atoms with Crippen molar-refractivity contribution in [2.45, 2.75) is 19.4 Å². The normalized spacial score (nSPS) is 26.2. The fraction of sp³-hybridized carbons (Fsp3) is 0.462. The summed E-state index contributed by atoms with van der Waals surface area (Å²) in [6, 6.07) is 11.4. The maximum atomic E-state index is 5.54. The van der Waals surface area contributed by atoms with Crippen LogP contribution in [0.15, 0.2) is 30.3 Å². The number of nitrogens with one attached hydrogen (secondary N) is 1. The molecule has 1 heterocycles. The number of para-hydroxylation sites is 1. The van der Waals surface area contributed by atoms with E-state index in [1.807, 2.05) is 18.2 Å². The van der Waals surface area contributed by atoms with E-state index in [9.17, 15) is 0 Å². The van der Waals surface area contributed by atoms with Gasteiger partial charge in [-0.1, -0.05) is 18.2 Å². The molecule has 2 atom stereocenters. The molecule has 1 aromatic rings. The first-order valence-electron chi connectivity index (χ1n) is 5.72. The van der Waals surface area contributed by atoms with E-state index in [2.05, 4.69) is 29.3 Å². The van der Waals surface area contributed by atoms with Crippen LogP contribution < -0.4 is 10.2 Å². The van der Waals surface area contributed by atoms with E-state index in [0.717, 1.165) is 12.2 Å². The highest BCUT2D eigenvalue weighted by molar-refractivity contribution is 5.48. The van der Waals surface area contributed by atoms with Crippen molar-refractivity contribution in [1.82, 2.24) is 5.32 Å². The number of benzene rings is 1. The van der Waals surface area contributed by atoms with Gasteiger partial charge < -0.3 is 14.4 Å². The van der Waals surface area contributed by atoms with Crippen LogP contribution in [0, 0.1) is 6.04 Å². The molecule has 1 aromatic carbocycles. The molecule has 93 valence electrons. The van der Waals surface area contributed by atoms with E-state index in [4.69, 9.17) is 9.47 Å². The maximum absolute atomic E-state index is 5.54. The fourth-order valence-corrected chi connectivity index (χ4v) is 2.15. The molecular weight excluding hydrogens is 216 g/mol. The Morgan fingerprint density at radius 1 is 1.18 bits per heavy atom. The Kier molecular flexibility index (Phi) is 3.99. The Hall–Kier alpha value is -1.10. The average Bonchev–Trinajstić information content (AvgIpc) is 2.38. The minimum Gasteiger partial charge on any atom is -0.362 e. The molecule has 1 aliphatic heterocycles. The van der Waals surface area contributed by atoms with Gasteiger partial charge in [-0.15, -0.1) is 0 Å². The van der Waals surface area contributed by atoms with Crippen LogP contribution in [0.5, 0.6) is 0 Å². The van der Waals surface area contributed by atoms with Gasteiger partial charge in [0.25, 0.3) is 0 Å². The number of nitrogens with zero attached hydrogens (tertiary/aromatic N) is 1. The standard InChI is InChI=1S/C13H19N2O2/c1-10-9-15(11-7-5-4-6-8-11)13(17-3)12(14-10)16-2/h4-8,12-14H,9H2,1-3H3. The summed E-state index contributed by atoms with van der Waals surface area (Å²) in [5.41, 5.74) is 1.14. The SMILES string of the molecule is COC1N[C](C)CN(c2ccccc2)C1OC. The quantitative estimate of drug-likeness (QED) is 0.862. The van der Waals surface area contributed by atoms with Crippen LogP contribution in [0.25, 0.3) is 0 Å². The average molecular weight is 235 g/mol. The third kappa shape index (κ3) is 2.60. The molecule has 1 saturated heterocycles. The van der Waals surface area contributed by atoms with Crippen molar-refractivity contribution >= 4 is 5.69 Å². The molecule has 4 nitrogen and oxygen atoms in total. The molecule has 2 rings (SSSR count). The number of hydrogen-bond acceptors (Lipinski definition) is 4. The predicted octanol–water partition coefficient (Wildman–Crippen LogP) is 1.59. The second-order valence-corrected chi connectivity index (χ2v) is 4.17. The second kappa shape index (κ2) is 5.49. The minimum atomic E-state index is -0.144. The van der Waals surface area contributed by atoms with Gasteiger partial charge in [0.1, 0.15) is 0 Å². The van der Waals surface area contributed by atoms with Gasteiger partial charge in [0.05, 0.1) is 6.04 Å². The third-order valence-electron chi connectivity index (χ3n) is 2.95. The van der Waals surface area contributed by atoms with Crippen molar-refractivity contribution in [3.8, 4) is 0 Å². The number of piperazine rings is 1. The number of rotatable bonds is 3. The lowest BCUT2D eigenvalue weighted by Crippen LogP contribution is -2.60. The first-order chi connectivity index (χ1) is 8.26. The summed E-state index contributed by atoms with van der Waals surface area (Å²) in [6.45, 7) is 2.89. The molecule has 1 aliphatic rings. The van der Waals surface area contributed by atoms with E-state index in [1.54, 1.807) is 14.2 Å². The molecule has 17 heavy (non-hydrogen) atoms. The highest BCUT2D eigenvalue weighted by atomic mass is 16.5. The van der Waals surface area contributed by atoms with Crippen LogP contribution in [0.4, 0.5) is 5.69 Å². The molecule has 0 bridgehead atoms. The van der Waals surface area contributed by atoms with Crippen LogP contribution in [0.2, 0.25) is 0 Å². The number of ether oxygens (including phenoxy) is 2. The van der Waals surface area contributed by atoms with Gasteiger partial charge >= 0.3 is 0 Å². The lowest BCUT2D eigenvalue weighted by atomic mass is 10.1. The molecule has 2 unspecified atom stereocenters. The van der Waals surface area contributed by atoms with E-state index in [-0.39, 0.29) is 12.5 Å². The summed E-state index contributed by atoms with van der Waals surface area (Å²) in [5.74, 6) is 0. The van der Waals surface area contributed by atoms with Crippen molar-refractivity contribution in [1.29, 1.82) is 0 Å². The smallest absolute Gasteiger partial charge is 0.169 e. The van der Waals surface area contributed by atoms with Crippen LogP contribution in [-0.4, -0.2) is 33.2 Å². The Balaban J connectivity index is 2.23. The van der Waals surface area contributed by atoms with Crippen molar-refractivity contribution in [3.63, 3.8) is 0 Å². The van der Waals surface area contributed by atoms with Gasteiger partial charge in [-0.3, -0.25) is 5.32 Å². The largest absolute Gasteiger partial charge is 0.362 e. The van der Waals surface area contributed by atoms with E-state index < -0.39 is 0 Å². The van der Waals surface area contributed by atoms with Gasteiger partial charge in [-0.2, -0.15) is 0 Å². The molecular formula is C13H19N2O2. The van der Waals surface area contributed by atoms with Crippen LogP contribution >= 0.6 is 0 Å². The lowest BCUT2D eigenvalue weighted by molar-refractivity contribution is -0.0627. The van der Waals surface area contributed by atoms with Crippen molar-refractivity contribution < 1.29 is 9.47 Å². The Morgan fingerprint density at radius 2 is 1.88 bits per heavy atom. The monoisotopic (exact) mass is 235 g/mol. The van der Waals surface area contributed by atoms with Crippen LogP contribution in [0.3, 0.4) is 0 Å².